The van der Waals surface area contributed by atoms with Crippen molar-refractivity contribution in [2.75, 3.05) is 26.3 Å². The number of ether oxygens (including phenoxy) is 4. The molecule has 0 heterocycles. The van der Waals surface area contributed by atoms with Gasteiger partial charge >= 0.3 is 17.9 Å². The molecule has 4 saturated carbocycles. The van der Waals surface area contributed by atoms with Gasteiger partial charge in [-0.3, -0.25) is 14.4 Å². The Morgan fingerprint density at radius 2 is 1.46 bits per heavy atom. The fourth-order valence-electron chi connectivity index (χ4n) is 11.5. The Labute approximate surface area is 316 Å². The van der Waals surface area contributed by atoms with Crippen LogP contribution in [0.4, 0.5) is 0 Å². The fourth-order valence-corrected chi connectivity index (χ4v) is 11.5. The van der Waals surface area contributed by atoms with Gasteiger partial charge in [0, 0.05) is 37.3 Å². The van der Waals surface area contributed by atoms with E-state index in [1.807, 2.05) is 6.92 Å². The smallest absolute Gasteiger partial charge is 0.307 e. The molecule has 11 atom stereocenters. The summed E-state index contributed by atoms with van der Waals surface area (Å²) in [5.74, 6) is 1.57. The number of hydrogen-bond donors (Lipinski definition) is 2. The zero-order chi connectivity index (χ0) is 37.7. The minimum Gasteiger partial charge on any atom is -0.466 e. The summed E-state index contributed by atoms with van der Waals surface area (Å²) in [5.41, 5.74) is 11.5. The maximum Gasteiger partial charge on any atom is 0.307 e. The maximum atomic E-state index is 13.2. The molecule has 0 aromatic heterocycles. The Bertz CT molecular complexity index is 1120. The molecular formula is C43H76N2O7. The first-order chi connectivity index (χ1) is 25.0. The molecule has 52 heavy (non-hydrogen) atoms. The third-order valence-corrected chi connectivity index (χ3v) is 14.3. The predicted octanol–water partition coefficient (Wildman–Crippen LogP) is 8.28. The zero-order valence-corrected chi connectivity index (χ0v) is 33.7. The lowest BCUT2D eigenvalue weighted by molar-refractivity contribution is -0.226. The maximum absolute atomic E-state index is 13.2. The Morgan fingerprint density at radius 3 is 2.17 bits per heavy atom. The number of esters is 3. The van der Waals surface area contributed by atoms with Gasteiger partial charge in [0.1, 0.15) is 12.2 Å². The normalized spacial score (nSPS) is 34.4. The Morgan fingerprint density at radius 1 is 0.731 bits per heavy atom. The number of nitrogens with two attached hydrogens (primary N) is 2. The van der Waals surface area contributed by atoms with Gasteiger partial charge in [-0.25, -0.2) is 0 Å². The molecule has 0 radical (unpaired) electrons. The lowest BCUT2D eigenvalue weighted by Crippen LogP contribution is -2.63. The zero-order valence-electron chi connectivity index (χ0n) is 33.7. The Hall–Kier alpha value is -1.71. The van der Waals surface area contributed by atoms with Crippen LogP contribution in [0, 0.1) is 46.3 Å². The highest BCUT2D eigenvalue weighted by Crippen LogP contribution is 2.69. The predicted molar refractivity (Wildman–Crippen MR) is 205 cm³/mol. The highest BCUT2D eigenvalue weighted by Gasteiger charge is 2.67. The molecule has 0 amide bonds. The summed E-state index contributed by atoms with van der Waals surface area (Å²) in [6, 6.07) is 0. The van der Waals surface area contributed by atoms with Crippen molar-refractivity contribution in [1.82, 2.24) is 0 Å². The van der Waals surface area contributed by atoms with E-state index in [1.54, 1.807) is 0 Å². The second kappa shape index (κ2) is 20.8. The second-order valence-electron chi connectivity index (χ2n) is 17.6. The highest BCUT2D eigenvalue weighted by atomic mass is 16.6. The van der Waals surface area contributed by atoms with Crippen LogP contribution >= 0.6 is 0 Å². The van der Waals surface area contributed by atoms with Crippen LogP contribution in [0.15, 0.2) is 0 Å². The van der Waals surface area contributed by atoms with E-state index in [1.165, 1.54) is 32.1 Å². The van der Waals surface area contributed by atoms with E-state index in [0.717, 1.165) is 77.0 Å². The van der Waals surface area contributed by atoms with Gasteiger partial charge in [-0.05, 0) is 112 Å². The van der Waals surface area contributed by atoms with Crippen molar-refractivity contribution in [3.05, 3.63) is 0 Å². The van der Waals surface area contributed by atoms with Crippen LogP contribution in [0.5, 0.6) is 0 Å². The largest absolute Gasteiger partial charge is 0.466 e. The summed E-state index contributed by atoms with van der Waals surface area (Å²) in [4.78, 5) is 38.5. The summed E-state index contributed by atoms with van der Waals surface area (Å²) >= 11 is 0. The van der Waals surface area contributed by atoms with Crippen LogP contribution in [0.25, 0.3) is 0 Å². The summed E-state index contributed by atoms with van der Waals surface area (Å²) in [5, 5.41) is 0. The SMILES string of the molecule is CCCCCCCCCOC(=O)CC[C@@H](C)[C@H]1CC[C@H]2[C@@H]3[C@H](OC(=O)CCC)C[C@@H]4C[C@H](OC(=O)CCN)CC[C@]4(C)[C@H]3C[C@H](OCCCN)[C@]12C. The quantitative estimate of drug-likeness (QED) is 0.0639. The third kappa shape index (κ3) is 10.5. The molecule has 0 spiro atoms. The molecule has 9 nitrogen and oxygen atoms in total. The first kappa shape index (κ1) is 43.0. The van der Waals surface area contributed by atoms with Gasteiger partial charge in [0.25, 0.3) is 0 Å². The van der Waals surface area contributed by atoms with Gasteiger partial charge in [-0.15, -0.1) is 0 Å². The molecule has 0 unspecified atom stereocenters. The average Bonchev–Trinajstić information content (AvgIpc) is 3.47. The fraction of sp³-hybridized carbons (Fsp3) is 0.930. The van der Waals surface area contributed by atoms with E-state index in [9.17, 15) is 14.4 Å². The van der Waals surface area contributed by atoms with Crippen LogP contribution in [0.2, 0.25) is 0 Å². The lowest BCUT2D eigenvalue weighted by Gasteiger charge is -2.64. The molecule has 0 aromatic carbocycles. The van der Waals surface area contributed by atoms with E-state index in [-0.39, 0.29) is 65.3 Å². The van der Waals surface area contributed by atoms with Crippen molar-refractivity contribution in [1.29, 1.82) is 0 Å². The topological polar surface area (TPSA) is 140 Å². The van der Waals surface area contributed by atoms with Crippen LogP contribution in [0.1, 0.15) is 163 Å². The number of carbonyl (C=O) groups excluding carboxylic acids is 3. The van der Waals surface area contributed by atoms with Crippen LogP contribution < -0.4 is 11.5 Å². The van der Waals surface area contributed by atoms with Crippen molar-refractivity contribution in [2.45, 2.75) is 181 Å². The van der Waals surface area contributed by atoms with E-state index in [4.69, 9.17) is 30.4 Å². The van der Waals surface area contributed by atoms with Gasteiger partial charge in [-0.1, -0.05) is 73.1 Å². The van der Waals surface area contributed by atoms with Crippen LogP contribution in [0.3, 0.4) is 0 Å². The Kier molecular flexibility index (Phi) is 17.2. The van der Waals surface area contributed by atoms with Crippen LogP contribution in [-0.4, -0.2) is 62.5 Å². The number of unbranched alkanes of at least 4 members (excludes halogenated alkanes) is 6. The molecule has 0 aromatic rings. The molecule has 4 aliphatic carbocycles. The van der Waals surface area contributed by atoms with E-state index >= 15 is 0 Å². The van der Waals surface area contributed by atoms with E-state index in [0.29, 0.717) is 62.8 Å². The van der Waals surface area contributed by atoms with Crippen molar-refractivity contribution in [3.63, 3.8) is 0 Å². The molecule has 0 aliphatic heterocycles. The van der Waals surface area contributed by atoms with E-state index in [2.05, 4.69) is 27.7 Å². The second-order valence-corrected chi connectivity index (χ2v) is 17.6. The molecule has 4 N–H and O–H groups in total. The average molecular weight is 733 g/mol. The summed E-state index contributed by atoms with van der Waals surface area (Å²) in [7, 11) is 0. The van der Waals surface area contributed by atoms with Gasteiger partial charge in [0.05, 0.1) is 19.1 Å². The van der Waals surface area contributed by atoms with Crippen molar-refractivity contribution < 1.29 is 33.3 Å². The summed E-state index contributed by atoms with van der Waals surface area (Å²) in [6.45, 7) is 13.6. The van der Waals surface area contributed by atoms with Gasteiger partial charge in [0.15, 0.2) is 0 Å². The molecule has 0 bridgehead atoms. The van der Waals surface area contributed by atoms with Gasteiger partial charge in [-0.2, -0.15) is 0 Å². The number of carbonyl (C=O) groups is 3. The molecule has 4 aliphatic rings. The monoisotopic (exact) mass is 733 g/mol. The van der Waals surface area contributed by atoms with Gasteiger partial charge in [0.2, 0.25) is 0 Å². The summed E-state index contributed by atoms with van der Waals surface area (Å²) < 4.78 is 25.0. The number of fused-ring (bicyclic) bond motifs is 5. The van der Waals surface area contributed by atoms with Crippen molar-refractivity contribution in [3.8, 4) is 0 Å². The number of rotatable bonds is 22. The minimum atomic E-state index is -0.218. The Balaban J connectivity index is 1.50. The summed E-state index contributed by atoms with van der Waals surface area (Å²) in [6.07, 6.45) is 18.3. The standard InChI is InChI=1S/C43H76N2O7/c1-6-8-9-10-11-12-13-25-50-38(46)19-16-30(3)33-17-18-34-41-35(29-37(43(33,34)5)49-26-14-23-44)42(4)22-20-32(51-40(48)21-24-45)27-31(42)28-36(41)52-39(47)15-7-2/h30-37,41H,6-29,44-45H2,1-5H3/t30-,31+,32-,33-,34+,35+,36-,37+,41+,42+,43-/m1/s1. The first-order valence-corrected chi connectivity index (χ1v) is 21.6. The van der Waals surface area contributed by atoms with E-state index < -0.39 is 0 Å². The highest BCUT2D eigenvalue weighted by molar-refractivity contribution is 5.70. The molecule has 4 fully saturated rings. The minimum absolute atomic E-state index is 0.0366. The number of hydrogen-bond acceptors (Lipinski definition) is 9. The molecular weight excluding hydrogens is 656 g/mol. The molecule has 4 rings (SSSR count). The lowest BCUT2D eigenvalue weighted by atomic mass is 9.43. The van der Waals surface area contributed by atoms with Crippen molar-refractivity contribution in [2.24, 2.45) is 57.8 Å². The third-order valence-electron chi connectivity index (χ3n) is 14.3. The van der Waals surface area contributed by atoms with Crippen LogP contribution in [-0.2, 0) is 33.3 Å². The molecule has 0 saturated heterocycles. The van der Waals surface area contributed by atoms with Gasteiger partial charge < -0.3 is 30.4 Å². The molecule has 9 heteroatoms. The first-order valence-electron chi connectivity index (χ1n) is 21.6. The molecule has 300 valence electrons. The van der Waals surface area contributed by atoms with Crippen molar-refractivity contribution >= 4 is 17.9 Å².